The highest BCUT2D eigenvalue weighted by Crippen LogP contribution is 2.10. The van der Waals surface area contributed by atoms with Gasteiger partial charge in [-0.3, -0.25) is 0 Å². The molecule has 0 atom stereocenters. The molecule has 0 aromatic heterocycles. The molecular formula is C22H64. The van der Waals surface area contributed by atoms with Gasteiger partial charge in [0.05, 0.1) is 0 Å². The average molecular weight is 329 g/mol. The molecule has 0 spiro atoms. The molecule has 0 aromatic rings. The minimum Gasteiger partial charge on any atom is -0.0776 e. The van der Waals surface area contributed by atoms with Crippen molar-refractivity contribution in [2.45, 2.75) is 151 Å². The fourth-order valence-electron chi connectivity index (χ4n) is 1.74. The van der Waals surface area contributed by atoms with E-state index in [9.17, 15) is 0 Å². The zero-order valence-corrected chi connectivity index (χ0v) is 9.78. The molecule has 0 nitrogen and oxygen atoms in total. The normalized spacial score (nSPS) is 6.27. The smallest absolute Gasteiger partial charge is 0.0533 e. The van der Waals surface area contributed by atoms with Gasteiger partial charge in [-0.2, -0.15) is 0 Å². The molecule has 0 aliphatic carbocycles. The Kier molecular flexibility index (Phi) is 213. The first-order valence-electron chi connectivity index (χ1n) is 6.41. The minimum absolute atomic E-state index is 0. The molecule has 0 bridgehead atoms. The molecule has 0 saturated carbocycles. The van der Waals surface area contributed by atoms with Crippen LogP contribution in [0.2, 0.25) is 0 Å². The van der Waals surface area contributed by atoms with Crippen molar-refractivity contribution in [1.29, 1.82) is 0 Å². The Balaban J connectivity index is -0.0000000200. The van der Waals surface area contributed by atoms with E-state index in [1.807, 2.05) is 0 Å². The van der Waals surface area contributed by atoms with Crippen LogP contribution in [0, 0.1) is 0 Å². The molecule has 0 heterocycles. The van der Waals surface area contributed by atoms with Gasteiger partial charge in [0, 0.05) is 0 Å². The zero-order valence-electron chi connectivity index (χ0n) is 9.78. The van der Waals surface area contributed by atoms with Crippen molar-refractivity contribution in [3.8, 4) is 0 Å². The number of unbranched alkanes of at least 4 members (excludes halogenated alkanes) is 10. The Bertz CT molecular complexity index is 66.1. The van der Waals surface area contributed by atoms with E-state index >= 15 is 0 Å². The molecule has 0 aromatic carbocycles. The highest BCUT2D eigenvalue weighted by molar-refractivity contribution is 4.46. The standard InChI is InChI=1S/C13H28.9CH4/c1-3-5-7-9-11-13-12-10-8-6-4-2;;;;;;;;;/h3-13H2,1-2H3;9*1H4. The van der Waals surface area contributed by atoms with Gasteiger partial charge in [0.25, 0.3) is 0 Å². The lowest BCUT2D eigenvalue weighted by molar-refractivity contribution is 0.554. The van der Waals surface area contributed by atoms with E-state index in [1.54, 1.807) is 0 Å². The maximum absolute atomic E-state index is 2.28. The average Bonchev–Trinajstić information content (AvgIpc) is 2.16. The fraction of sp³-hybridized carbons (Fsp3) is 1.00. The van der Waals surface area contributed by atoms with E-state index in [0.717, 1.165) is 0 Å². The summed E-state index contributed by atoms with van der Waals surface area (Å²) >= 11 is 0. The van der Waals surface area contributed by atoms with Crippen LogP contribution in [0.1, 0.15) is 151 Å². The number of hydrogen-bond donors (Lipinski definition) is 0. The van der Waals surface area contributed by atoms with E-state index in [2.05, 4.69) is 13.8 Å². The SMILES string of the molecule is C.C.C.C.C.C.C.C.C.CCCCCCCCCCCCC. The Morgan fingerprint density at radius 3 is 0.545 bits per heavy atom. The molecule has 0 unspecified atom stereocenters. The van der Waals surface area contributed by atoms with Crippen molar-refractivity contribution in [3.05, 3.63) is 0 Å². The predicted molar refractivity (Wildman–Crippen MR) is 123 cm³/mol. The maximum Gasteiger partial charge on any atom is -0.0533 e. The third kappa shape index (κ3) is 72.2. The van der Waals surface area contributed by atoms with Gasteiger partial charge in [0.2, 0.25) is 0 Å². The topological polar surface area (TPSA) is 0 Å². The zero-order chi connectivity index (χ0) is 9.78. The van der Waals surface area contributed by atoms with Gasteiger partial charge in [-0.1, -0.05) is 151 Å². The van der Waals surface area contributed by atoms with E-state index in [1.165, 1.54) is 70.6 Å². The van der Waals surface area contributed by atoms with Gasteiger partial charge in [0.15, 0.2) is 0 Å². The first-order chi connectivity index (χ1) is 6.41. The predicted octanol–water partition coefficient (Wildman–Crippen LogP) is 11.0. The molecule has 22 heavy (non-hydrogen) atoms. The highest BCUT2D eigenvalue weighted by atomic mass is 14.0. The lowest BCUT2D eigenvalue weighted by Gasteiger charge is -2.00. The number of rotatable bonds is 10. The van der Waals surface area contributed by atoms with Crippen molar-refractivity contribution < 1.29 is 0 Å². The Morgan fingerprint density at radius 2 is 0.409 bits per heavy atom. The second-order valence-corrected chi connectivity index (χ2v) is 4.18. The lowest BCUT2D eigenvalue weighted by atomic mass is 10.1. The molecule has 0 amide bonds. The summed E-state index contributed by atoms with van der Waals surface area (Å²) in [4.78, 5) is 0. The van der Waals surface area contributed by atoms with Crippen LogP contribution in [0.3, 0.4) is 0 Å². The first kappa shape index (κ1) is 67.4. The van der Waals surface area contributed by atoms with Crippen molar-refractivity contribution in [1.82, 2.24) is 0 Å². The summed E-state index contributed by atoms with van der Waals surface area (Å²) in [5.41, 5.74) is 0. The third-order valence-electron chi connectivity index (χ3n) is 2.71. The van der Waals surface area contributed by atoms with Crippen LogP contribution in [0.5, 0.6) is 0 Å². The molecule has 0 rings (SSSR count). The molecule has 0 fully saturated rings. The second kappa shape index (κ2) is 69.4. The maximum atomic E-state index is 2.28. The first-order valence-corrected chi connectivity index (χ1v) is 6.41. The van der Waals surface area contributed by atoms with Crippen LogP contribution >= 0.6 is 0 Å². The van der Waals surface area contributed by atoms with E-state index in [4.69, 9.17) is 0 Å². The van der Waals surface area contributed by atoms with E-state index in [-0.39, 0.29) is 66.8 Å². The van der Waals surface area contributed by atoms with Crippen LogP contribution in [0.25, 0.3) is 0 Å². The van der Waals surface area contributed by atoms with Crippen molar-refractivity contribution >= 4 is 0 Å². The van der Waals surface area contributed by atoms with Gasteiger partial charge in [-0.05, 0) is 0 Å². The van der Waals surface area contributed by atoms with Crippen LogP contribution in [-0.2, 0) is 0 Å². The van der Waals surface area contributed by atoms with Crippen LogP contribution in [0.15, 0.2) is 0 Å². The van der Waals surface area contributed by atoms with Crippen molar-refractivity contribution in [3.63, 3.8) is 0 Å². The molecular weight excluding hydrogens is 264 g/mol. The summed E-state index contributed by atoms with van der Waals surface area (Å²) in [7, 11) is 0. The summed E-state index contributed by atoms with van der Waals surface area (Å²) in [6.07, 6.45) is 15.9. The molecule has 0 aliphatic rings. The third-order valence-corrected chi connectivity index (χ3v) is 2.71. The quantitative estimate of drug-likeness (QED) is 0.350. The van der Waals surface area contributed by atoms with Gasteiger partial charge in [0.1, 0.15) is 0 Å². The molecule has 0 saturated heterocycles. The largest absolute Gasteiger partial charge is 0.0776 e. The lowest BCUT2D eigenvalue weighted by Crippen LogP contribution is -1.80. The molecule has 0 radical (unpaired) electrons. The van der Waals surface area contributed by atoms with Gasteiger partial charge >= 0.3 is 0 Å². The Morgan fingerprint density at radius 1 is 0.273 bits per heavy atom. The van der Waals surface area contributed by atoms with Crippen LogP contribution < -0.4 is 0 Å². The summed E-state index contributed by atoms with van der Waals surface area (Å²) in [6, 6.07) is 0. The molecule has 0 N–H and O–H groups in total. The fourth-order valence-corrected chi connectivity index (χ4v) is 1.74. The van der Waals surface area contributed by atoms with Crippen molar-refractivity contribution in [2.75, 3.05) is 0 Å². The molecule has 0 aliphatic heterocycles. The van der Waals surface area contributed by atoms with Gasteiger partial charge < -0.3 is 0 Å². The highest BCUT2D eigenvalue weighted by Gasteiger charge is 1.90. The summed E-state index contributed by atoms with van der Waals surface area (Å²) in [5.74, 6) is 0. The summed E-state index contributed by atoms with van der Waals surface area (Å²) in [6.45, 7) is 4.56. The van der Waals surface area contributed by atoms with E-state index in [0.29, 0.717) is 0 Å². The van der Waals surface area contributed by atoms with E-state index < -0.39 is 0 Å². The van der Waals surface area contributed by atoms with Crippen molar-refractivity contribution in [2.24, 2.45) is 0 Å². The second-order valence-electron chi connectivity index (χ2n) is 4.18. The summed E-state index contributed by atoms with van der Waals surface area (Å²) in [5, 5.41) is 0. The van der Waals surface area contributed by atoms with Gasteiger partial charge in [-0.25, -0.2) is 0 Å². The molecule has 0 heteroatoms. The summed E-state index contributed by atoms with van der Waals surface area (Å²) < 4.78 is 0. The Hall–Kier alpha value is 0. The molecule has 152 valence electrons. The number of hydrogen-bond acceptors (Lipinski definition) is 0. The van der Waals surface area contributed by atoms with Crippen LogP contribution in [-0.4, -0.2) is 0 Å². The van der Waals surface area contributed by atoms with Crippen LogP contribution in [0.4, 0.5) is 0 Å². The monoisotopic (exact) mass is 329 g/mol. The van der Waals surface area contributed by atoms with Gasteiger partial charge in [-0.15, -0.1) is 0 Å². The Labute approximate surface area is 151 Å². The minimum atomic E-state index is 0.